The Labute approximate surface area is 163 Å². The summed E-state index contributed by atoms with van der Waals surface area (Å²) in [5.74, 6) is -0.0923. The second-order valence-corrected chi connectivity index (χ2v) is 6.68. The largest absolute Gasteiger partial charge is 0.379 e. The summed E-state index contributed by atoms with van der Waals surface area (Å²) in [5.41, 5.74) is 3.51. The minimum atomic E-state index is -0.0923. The number of nitrogens with one attached hydrogen (secondary N) is 2. The Morgan fingerprint density at radius 2 is 1.93 bits per heavy atom. The van der Waals surface area contributed by atoms with Crippen LogP contribution in [0.25, 0.3) is 11.3 Å². The number of rotatable bonds is 6. The van der Waals surface area contributed by atoms with Gasteiger partial charge in [0, 0.05) is 37.6 Å². The van der Waals surface area contributed by atoms with E-state index in [9.17, 15) is 4.79 Å². The van der Waals surface area contributed by atoms with Gasteiger partial charge in [-0.25, -0.2) is 0 Å². The van der Waals surface area contributed by atoms with Crippen molar-refractivity contribution in [2.45, 2.75) is 6.04 Å². The number of aromatic nitrogens is 3. The molecular formula is C21H23N5O2. The van der Waals surface area contributed by atoms with Crippen molar-refractivity contribution in [1.82, 2.24) is 25.4 Å². The summed E-state index contributed by atoms with van der Waals surface area (Å²) in [5, 5.41) is 9.95. The average Bonchev–Trinajstić information content (AvgIpc) is 3.30. The van der Waals surface area contributed by atoms with E-state index in [2.05, 4.69) is 25.4 Å². The molecule has 0 radical (unpaired) electrons. The maximum absolute atomic E-state index is 12.7. The van der Waals surface area contributed by atoms with E-state index in [0.717, 1.165) is 30.0 Å². The van der Waals surface area contributed by atoms with E-state index in [0.29, 0.717) is 25.3 Å². The van der Waals surface area contributed by atoms with Crippen molar-refractivity contribution in [2.24, 2.45) is 0 Å². The Hall–Kier alpha value is -3.03. The average molecular weight is 377 g/mol. The minimum absolute atomic E-state index is 0.0262. The van der Waals surface area contributed by atoms with Crippen LogP contribution in [0.1, 0.15) is 22.1 Å². The maximum atomic E-state index is 12.7. The molecule has 3 heterocycles. The highest BCUT2D eigenvalue weighted by Crippen LogP contribution is 2.20. The van der Waals surface area contributed by atoms with Crippen molar-refractivity contribution in [3.05, 3.63) is 72.2 Å². The molecule has 1 fully saturated rings. The van der Waals surface area contributed by atoms with Crippen molar-refractivity contribution in [2.75, 3.05) is 32.8 Å². The van der Waals surface area contributed by atoms with Gasteiger partial charge >= 0.3 is 0 Å². The Morgan fingerprint density at radius 3 is 2.61 bits per heavy atom. The van der Waals surface area contributed by atoms with Gasteiger partial charge in [0.05, 0.1) is 30.6 Å². The van der Waals surface area contributed by atoms with Crippen LogP contribution >= 0.6 is 0 Å². The zero-order chi connectivity index (χ0) is 19.2. The van der Waals surface area contributed by atoms with Gasteiger partial charge in [-0.1, -0.05) is 18.2 Å². The summed E-state index contributed by atoms with van der Waals surface area (Å²) in [4.78, 5) is 19.5. The first-order valence-corrected chi connectivity index (χ1v) is 9.42. The van der Waals surface area contributed by atoms with Crippen molar-refractivity contribution in [3.8, 4) is 11.3 Å². The van der Waals surface area contributed by atoms with Gasteiger partial charge in [0.1, 0.15) is 0 Å². The van der Waals surface area contributed by atoms with Crippen molar-refractivity contribution >= 4 is 5.91 Å². The van der Waals surface area contributed by atoms with E-state index in [1.165, 1.54) is 0 Å². The monoisotopic (exact) mass is 377 g/mol. The number of hydrogen-bond acceptors (Lipinski definition) is 5. The summed E-state index contributed by atoms with van der Waals surface area (Å²) in [7, 11) is 0. The normalized spacial score (nSPS) is 15.9. The molecule has 0 spiro atoms. The summed E-state index contributed by atoms with van der Waals surface area (Å²) < 4.78 is 5.47. The van der Waals surface area contributed by atoms with Crippen LogP contribution in [-0.2, 0) is 4.74 Å². The molecule has 7 nitrogen and oxygen atoms in total. The predicted octanol–water partition coefficient (Wildman–Crippen LogP) is 2.27. The quantitative estimate of drug-likeness (QED) is 0.689. The van der Waals surface area contributed by atoms with Gasteiger partial charge in [0.15, 0.2) is 0 Å². The molecule has 3 aromatic rings. The van der Waals surface area contributed by atoms with E-state index in [1.54, 1.807) is 12.4 Å². The Bertz CT molecular complexity index is 875. The minimum Gasteiger partial charge on any atom is -0.379 e. The van der Waals surface area contributed by atoms with Crippen LogP contribution in [0.2, 0.25) is 0 Å². The number of nitrogens with zero attached hydrogens (tertiary/aromatic N) is 3. The molecule has 4 rings (SSSR count). The molecule has 1 atom stereocenters. The molecule has 0 unspecified atom stereocenters. The SMILES string of the molecule is O=C(NC[C@H](c1ccccn1)N1CCOCC1)c1ccc(-c2ccn[nH]2)cc1. The van der Waals surface area contributed by atoms with E-state index in [1.807, 2.05) is 48.5 Å². The number of aromatic amines is 1. The smallest absolute Gasteiger partial charge is 0.251 e. The first-order valence-electron chi connectivity index (χ1n) is 9.42. The summed E-state index contributed by atoms with van der Waals surface area (Å²) >= 11 is 0. The van der Waals surface area contributed by atoms with Crippen LogP contribution in [-0.4, -0.2) is 58.8 Å². The molecule has 1 aromatic carbocycles. The van der Waals surface area contributed by atoms with Gasteiger partial charge in [0.25, 0.3) is 5.91 Å². The zero-order valence-corrected chi connectivity index (χ0v) is 15.5. The van der Waals surface area contributed by atoms with Gasteiger partial charge < -0.3 is 10.1 Å². The van der Waals surface area contributed by atoms with Crippen molar-refractivity contribution < 1.29 is 9.53 Å². The molecule has 1 saturated heterocycles. The highest BCUT2D eigenvalue weighted by Gasteiger charge is 2.24. The number of H-pyrrole nitrogens is 1. The van der Waals surface area contributed by atoms with Crippen LogP contribution in [0.5, 0.6) is 0 Å². The Kier molecular flexibility index (Phi) is 5.75. The number of ether oxygens (including phenoxy) is 1. The number of benzene rings is 1. The van der Waals surface area contributed by atoms with Gasteiger partial charge in [-0.05, 0) is 35.9 Å². The second kappa shape index (κ2) is 8.77. The lowest BCUT2D eigenvalue weighted by Crippen LogP contribution is -2.44. The molecule has 28 heavy (non-hydrogen) atoms. The Morgan fingerprint density at radius 1 is 1.11 bits per heavy atom. The molecule has 0 saturated carbocycles. The molecule has 0 bridgehead atoms. The molecule has 7 heteroatoms. The van der Waals surface area contributed by atoms with Crippen LogP contribution in [0.15, 0.2) is 60.9 Å². The fourth-order valence-corrected chi connectivity index (χ4v) is 3.39. The van der Waals surface area contributed by atoms with Gasteiger partial charge in [-0.15, -0.1) is 0 Å². The fraction of sp³-hybridized carbons (Fsp3) is 0.286. The molecule has 1 aliphatic rings. The lowest BCUT2D eigenvalue weighted by molar-refractivity contribution is 0.0154. The molecule has 0 aliphatic carbocycles. The molecule has 2 N–H and O–H groups in total. The Balaban J connectivity index is 1.43. The summed E-state index contributed by atoms with van der Waals surface area (Å²) in [6.07, 6.45) is 3.50. The standard InChI is InChI=1S/C21H23N5O2/c27-21(17-6-4-16(5-7-17)18-8-10-24-25-18)23-15-20(19-3-1-2-9-22-19)26-11-13-28-14-12-26/h1-10,20H,11-15H2,(H,23,27)(H,24,25)/t20-/m1/s1. The molecular weight excluding hydrogens is 354 g/mol. The number of carbonyl (C=O) groups is 1. The van der Waals surface area contributed by atoms with Crippen molar-refractivity contribution in [3.63, 3.8) is 0 Å². The number of carbonyl (C=O) groups excluding carboxylic acids is 1. The van der Waals surface area contributed by atoms with Crippen LogP contribution < -0.4 is 5.32 Å². The maximum Gasteiger partial charge on any atom is 0.251 e. The first kappa shape index (κ1) is 18.3. The topological polar surface area (TPSA) is 83.1 Å². The van der Waals surface area contributed by atoms with Crippen LogP contribution in [0.3, 0.4) is 0 Å². The summed E-state index contributed by atoms with van der Waals surface area (Å²) in [6, 6.07) is 15.3. The molecule has 2 aromatic heterocycles. The lowest BCUT2D eigenvalue weighted by atomic mass is 10.1. The van der Waals surface area contributed by atoms with Crippen LogP contribution in [0, 0.1) is 0 Å². The number of morpholine rings is 1. The third kappa shape index (κ3) is 4.27. The highest BCUT2D eigenvalue weighted by atomic mass is 16.5. The summed E-state index contributed by atoms with van der Waals surface area (Å²) in [6.45, 7) is 3.56. The van der Waals surface area contributed by atoms with Gasteiger partial charge in [-0.3, -0.25) is 19.8 Å². The van der Waals surface area contributed by atoms with E-state index < -0.39 is 0 Å². The number of hydrogen-bond donors (Lipinski definition) is 2. The van der Waals surface area contributed by atoms with E-state index in [-0.39, 0.29) is 11.9 Å². The second-order valence-electron chi connectivity index (χ2n) is 6.68. The third-order valence-electron chi connectivity index (χ3n) is 4.93. The first-order chi connectivity index (χ1) is 13.8. The van der Waals surface area contributed by atoms with Crippen LogP contribution in [0.4, 0.5) is 0 Å². The molecule has 144 valence electrons. The predicted molar refractivity (Wildman–Crippen MR) is 106 cm³/mol. The van der Waals surface area contributed by atoms with E-state index >= 15 is 0 Å². The highest BCUT2D eigenvalue weighted by molar-refractivity contribution is 5.94. The number of amides is 1. The molecule has 1 amide bonds. The van der Waals surface area contributed by atoms with E-state index in [4.69, 9.17) is 4.74 Å². The third-order valence-corrected chi connectivity index (χ3v) is 4.93. The van der Waals surface area contributed by atoms with Gasteiger partial charge in [-0.2, -0.15) is 5.10 Å². The molecule has 1 aliphatic heterocycles. The number of pyridine rings is 1. The zero-order valence-electron chi connectivity index (χ0n) is 15.5. The lowest BCUT2D eigenvalue weighted by Gasteiger charge is -2.34. The van der Waals surface area contributed by atoms with Gasteiger partial charge in [0.2, 0.25) is 0 Å². The van der Waals surface area contributed by atoms with Crippen molar-refractivity contribution in [1.29, 1.82) is 0 Å². The fourth-order valence-electron chi connectivity index (χ4n) is 3.39.